The minimum atomic E-state index is -0.857. The van der Waals surface area contributed by atoms with Crippen LogP contribution in [0.3, 0.4) is 0 Å². The van der Waals surface area contributed by atoms with E-state index < -0.39 is 11.9 Å². The number of halogens is 1. The molecule has 0 aliphatic carbocycles. The number of hydrogen-bond donors (Lipinski definition) is 2. The number of benzene rings is 1. The summed E-state index contributed by atoms with van der Waals surface area (Å²) in [4.78, 5) is 39.4. The Morgan fingerprint density at radius 1 is 1.33 bits per heavy atom. The molecule has 30 heavy (non-hydrogen) atoms. The second kappa shape index (κ2) is 10.2. The van der Waals surface area contributed by atoms with Gasteiger partial charge in [-0.05, 0) is 58.7 Å². The summed E-state index contributed by atoms with van der Waals surface area (Å²) in [5.74, 6) is -0.833. The summed E-state index contributed by atoms with van der Waals surface area (Å²) in [7, 11) is 1.46. The molecule has 3 rings (SSSR count). The molecule has 1 aromatic carbocycles. The molecule has 0 spiro atoms. The van der Waals surface area contributed by atoms with Crippen molar-refractivity contribution in [2.24, 2.45) is 0 Å². The number of methoxy groups -OCH3 is 1. The van der Waals surface area contributed by atoms with E-state index in [1.807, 2.05) is 6.92 Å². The normalized spacial score (nSPS) is 15.0. The van der Waals surface area contributed by atoms with E-state index in [4.69, 9.17) is 9.47 Å². The number of thiophene rings is 1. The number of rotatable bonds is 7. The highest BCUT2D eigenvalue weighted by molar-refractivity contribution is 9.11. The number of aryl methyl sites for hydroxylation is 1. The fourth-order valence-corrected chi connectivity index (χ4v) is 4.34. The standard InChI is InChI=1S/C20H22BrN3O5S/c1-12-9-13(3-4-15(12)24-7-8-29-11-18(24)25)22-19(26)14(10-28-2)23-20(27)16-5-6-17(21)30-16/h3-6,9,14H,7-8,10-11H2,1-2H3,(H,22,26)(H,23,27)/t14-/m0/s1. The molecule has 2 N–H and O–H groups in total. The lowest BCUT2D eigenvalue weighted by molar-refractivity contribution is -0.125. The maximum Gasteiger partial charge on any atom is 0.262 e. The molecule has 0 unspecified atom stereocenters. The van der Waals surface area contributed by atoms with E-state index in [0.29, 0.717) is 23.7 Å². The molecule has 10 heteroatoms. The Morgan fingerprint density at radius 2 is 2.13 bits per heavy atom. The topological polar surface area (TPSA) is 97.0 Å². The van der Waals surface area contributed by atoms with Crippen LogP contribution in [-0.2, 0) is 19.1 Å². The van der Waals surface area contributed by atoms with E-state index in [-0.39, 0.29) is 25.0 Å². The van der Waals surface area contributed by atoms with Gasteiger partial charge in [0, 0.05) is 25.0 Å². The summed E-state index contributed by atoms with van der Waals surface area (Å²) >= 11 is 4.60. The van der Waals surface area contributed by atoms with E-state index in [9.17, 15) is 14.4 Å². The third-order valence-corrected chi connectivity index (χ3v) is 6.12. The first-order valence-corrected chi connectivity index (χ1v) is 10.8. The highest BCUT2D eigenvalue weighted by atomic mass is 79.9. The van der Waals surface area contributed by atoms with Crippen LogP contribution in [0, 0.1) is 6.92 Å². The summed E-state index contributed by atoms with van der Waals surface area (Å²) in [5, 5.41) is 5.50. The molecule has 0 bridgehead atoms. The molecule has 160 valence electrons. The molecule has 1 saturated heterocycles. The summed E-state index contributed by atoms with van der Waals surface area (Å²) < 4.78 is 11.1. The predicted octanol–water partition coefficient (Wildman–Crippen LogP) is 2.57. The Kier molecular flexibility index (Phi) is 7.59. The zero-order valence-electron chi connectivity index (χ0n) is 16.6. The van der Waals surface area contributed by atoms with Gasteiger partial charge in [0.25, 0.3) is 11.8 Å². The molecule has 1 aliphatic heterocycles. The average molecular weight is 496 g/mol. The second-order valence-corrected chi connectivity index (χ2v) is 9.14. The minimum Gasteiger partial charge on any atom is -0.382 e. The summed E-state index contributed by atoms with van der Waals surface area (Å²) in [6.45, 7) is 2.95. The van der Waals surface area contributed by atoms with E-state index >= 15 is 0 Å². The van der Waals surface area contributed by atoms with Gasteiger partial charge in [-0.3, -0.25) is 14.4 Å². The van der Waals surface area contributed by atoms with Crippen molar-refractivity contribution in [1.29, 1.82) is 0 Å². The van der Waals surface area contributed by atoms with Crippen LogP contribution in [0.4, 0.5) is 11.4 Å². The molecule has 1 aliphatic rings. The maximum atomic E-state index is 12.7. The highest BCUT2D eigenvalue weighted by Crippen LogP contribution is 2.25. The van der Waals surface area contributed by atoms with Gasteiger partial charge >= 0.3 is 0 Å². The molecule has 2 heterocycles. The SMILES string of the molecule is COC[C@H](NC(=O)c1ccc(Br)s1)C(=O)Nc1ccc(N2CCOCC2=O)c(C)c1. The Morgan fingerprint density at radius 3 is 2.77 bits per heavy atom. The lowest BCUT2D eigenvalue weighted by Crippen LogP contribution is -2.46. The van der Waals surface area contributed by atoms with E-state index in [0.717, 1.165) is 15.0 Å². The lowest BCUT2D eigenvalue weighted by atomic mass is 10.1. The van der Waals surface area contributed by atoms with Gasteiger partial charge in [0.05, 0.1) is 21.9 Å². The quantitative estimate of drug-likeness (QED) is 0.615. The molecular weight excluding hydrogens is 474 g/mol. The molecule has 0 radical (unpaired) electrons. The zero-order chi connectivity index (χ0) is 21.7. The van der Waals surface area contributed by atoms with Crippen molar-refractivity contribution in [1.82, 2.24) is 5.32 Å². The van der Waals surface area contributed by atoms with Gasteiger partial charge in [-0.15, -0.1) is 11.3 Å². The van der Waals surface area contributed by atoms with Crippen LogP contribution in [0.1, 0.15) is 15.2 Å². The maximum absolute atomic E-state index is 12.7. The molecule has 0 saturated carbocycles. The van der Waals surface area contributed by atoms with Gasteiger partial charge in [0.15, 0.2) is 0 Å². The van der Waals surface area contributed by atoms with Crippen molar-refractivity contribution >= 4 is 56.4 Å². The highest BCUT2D eigenvalue weighted by Gasteiger charge is 2.24. The monoisotopic (exact) mass is 495 g/mol. The van der Waals surface area contributed by atoms with Crippen LogP contribution in [0.5, 0.6) is 0 Å². The van der Waals surface area contributed by atoms with Crippen LogP contribution in [0.25, 0.3) is 0 Å². The van der Waals surface area contributed by atoms with E-state index in [2.05, 4.69) is 26.6 Å². The number of ether oxygens (including phenoxy) is 2. The number of carbonyl (C=O) groups excluding carboxylic acids is 3. The minimum absolute atomic E-state index is 0.0312. The van der Waals surface area contributed by atoms with Gasteiger partial charge in [-0.2, -0.15) is 0 Å². The second-order valence-electron chi connectivity index (χ2n) is 6.67. The third kappa shape index (κ3) is 5.45. The molecule has 1 atom stereocenters. The molecule has 8 nitrogen and oxygen atoms in total. The van der Waals surface area contributed by atoms with Crippen LogP contribution in [0.15, 0.2) is 34.1 Å². The van der Waals surface area contributed by atoms with E-state index in [1.54, 1.807) is 35.2 Å². The number of morpholine rings is 1. The first kappa shape index (κ1) is 22.4. The smallest absolute Gasteiger partial charge is 0.262 e. The van der Waals surface area contributed by atoms with Crippen LogP contribution in [-0.4, -0.2) is 57.2 Å². The largest absolute Gasteiger partial charge is 0.382 e. The summed E-state index contributed by atoms with van der Waals surface area (Å²) in [6.07, 6.45) is 0. The van der Waals surface area contributed by atoms with Crippen molar-refractivity contribution < 1.29 is 23.9 Å². The van der Waals surface area contributed by atoms with Crippen LogP contribution in [0.2, 0.25) is 0 Å². The van der Waals surface area contributed by atoms with Gasteiger partial charge in [0.2, 0.25) is 5.91 Å². The molecule has 1 fully saturated rings. The molecule has 2 aromatic rings. The fourth-order valence-electron chi connectivity index (χ4n) is 3.05. The van der Waals surface area contributed by atoms with Crippen molar-refractivity contribution in [3.63, 3.8) is 0 Å². The number of anilines is 2. The Labute approximate surface area is 186 Å². The molecular formula is C20H22BrN3O5S. The van der Waals surface area contributed by atoms with Crippen molar-refractivity contribution in [2.45, 2.75) is 13.0 Å². The molecule has 1 aromatic heterocycles. The number of carbonyl (C=O) groups is 3. The summed E-state index contributed by atoms with van der Waals surface area (Å²) in [6, 6.07) is 7.91. The molecule has 3 amide bonds. The van der Waals surface area contributed by atoms with Gasteiger partial charge in [-0.1, -0.05) is 0 Å². The first-order valence-electron chi connectivity index (χ1n) is 9.24. The van der Waals surface area contributed by atoms with Gasteiger partial charge in [0.1, 0.15) is 12.6 Å². The number of amides is 3. The number of nitrogens with zero attached hydrogens (tertiary/aromatic N) is 1. The fraction of sp³-hybridized carbons (Fsp3) is 0.350. The third-order valence-electron chi connectivity index (χ3n) is 4.49. The van der Waals surface area contributed by atoms with Crippen molar-refractivity contribution in [3.8, 4) is 0 Å². The van der Waals surface area contributed by atoms with Crippen molar-refractivity contribution in [2.75, 3.05) is 43.7 Å². The summed E-state index contributed by atoms with van der Waals surface area (Å²) in [5.41, 5.74) is 2.20. The predicted molar refractivity (Wildman–Crippen MR) is 118 cm³/mol. The van der Waals surface area contributed by atoms with Gasteiger partial charge < -0.3 is 25.0 Å². The Balaban J connectivity index is 1.68. The van der Waals surface area contributed by atoms with Gasteiger partial charge in [-0.25, -0.2) is 0 Å². The van der Waals surface area contributed by atoms with Crippen LogP contribution < -0.4 is 15.5 Å². The Hall–Kier alpha value is -2.27. The number of nitrogens with one attached hydrogen (secondary N) is 2. The number of hydrogen-bond acceptors (Lipinski definition) is 6. The Bertz CT molecular complexity index is 948. The first-order chi connectivity index (χ1) is 14.4. The van der Waals surface area contributed by atoms with Crippen molar-refractivity contribution in [3.05, 3.63) is 44.6 Å². The lowest BCUT2D eigenvalue weighted by Gasteiger charge is -2.28. The zero-order valence-corrected chi connectivity index (χ0v) is 19.0. The van der Waals surface area contributed by atoms with Crippen LogP contribution >= 0.6 is 27.3 Å². The van der Waals surface area contributed by atoms with E-state index in [1.165, 1.54) is 18.4 Å². The average Bonchev–Trinajstić information content (AvgIpc) is 3.15.